The van der Waals surface area contributed by atoms with E-state index in [-0.39, 0.29) is 11.8 Å². The number of nitrogens with one attached hydrogen (secondary N) is 1. The quantitative estimate of drug-likeness (QED) is 0.799. The highest BCUT2D eigenvalue weighted by Crippen LogP contribution is 2.22. The van der Waals surface area contributed by atoms with Crippen LogP contribution in [-0.2, 0) is 4.79 Å². The first kappa shape index (κ1) is 15.5. The zero-order valence-electron chi connectivity index (χ0n) is 12.6. The van der Waals surface area contributed by atoms with Gasteiger partial charge in [-0.25, -0.2) is 4.98 Å². The van der Waals surface area contributed by atoms with E-state index in [9.17, 15) is 4.79 Å². The van der Waals surface area contributed by atoms with Crippen molar-refractivity contribution in [1.82, 2.24) is 15.3 Å². The molecule has 1 fully saturated rings. The summed E-state index contributed by atoms with van der Waals surface area (Å²) in [6.45, 7) is 4.36. The zero-order valence-corrected chi connectivity index (χ0v) is 12.6. The standard InChI is InChI=1S/C14H23N5O2/c1-10-8-12(21-2)18-14(17-10)19-7-3-4-11(9-19)13(20)16-6-5-15/h8,11H,3-7,9,15H2,1-2H3,(H,16,20). The average Bonchev–Trinajstić information content (AvgIpc) is 2.52. The number of nitrogens with two attached hydrogens (primary N) is 1. The van der Waals surface area contributed by atoms with Crippen molar-refractivity contribution >= 4 is 11.9 Å². The number of anilines is 1. The minimum absolute atomic E-state index is 0.0413. The van der Waals surface area contributed by atoms with E-state index >= 15 is 0 Å². The van der Waals surface area contributed by atoms with E-state index < -0.39 is 0 Å². The van der Waals surface area contributed by atoms with Crippen LogP contribution in [0.4, 0.5) is 5.95 Å². The highest BCUT2D eigenvalue weighted by atomic mass is 16.5. The van der Waals surface area contributed by atoms with E-state index in [1.807, 2.05) is 11.8 Å². The fraction of sp³-hybridized carbons (Fsp3) is 0.643. The van der Waals surface area contributed by atoms with Crippen molar-refractivity contribution in [3.63, 3.8) is 0 Å². The van der Waals surface area contributed by atoms with Gasteiger partial charge in [-0.15, -0.1) is 0 Å². The third-order valence-corrected chi connectivity index (χ3v) is 3.55. The lowest BCUT2D eigenvalue weighted by Gasteiger charge is -2.32. The molecule has 1 unspecified atom stereocenters. The van der Waals surface area contributed by atoms with Crippen LogP contribution in [0.2, 0.25) is 0 Å². The highest BCUT2D eigenvalue weighted by molar-refractivity contribution is 5.79. The molecule has 1 atom stereocenters. The van der Waals surface area contributed by atoms with Crippen LogP contribution in [0.1, 0.15) is 18.5 Å². The molecule has 1 aromatic heterocycles. The lowest BCUT2D eigenvalue weighted by Crippen LogP contribution is -2.44. The molecule has 2 rings (SSSR count). The fourth-order valence-electron chi connectivity index (χ4n) is 2.48. The molecule has 0 aromatic carbocycles. The number of carbonyl (C=O) groups excluding carboxylic acids is 1. The number of piperidine rings is 1. The number of ether oxygens (including phenoxy) is 1. The van der Waals surface area contributed by atoms with E-state index in [0.29, 0.717) is 31.5 Å². The Bertz CT molecular complexity index is 494. The molecule has 1 aliphatic heterocycles. The second kappa shape index (κ2) is 7.21. The van der Waals surface area contributed by atoms with Gasteiger partial charge in [0.2, 0.25) is 17.7 Å². The molecular formula is C14H23N5O2. The van der Waals surface area contributed by atoms with Gasteiger partial charge in [-0.2, -0.15) is 4.98 Å². The number of rotatable bonds is 5. The largest absolute Gasteiger partial charge is 0.481 e. The number of methoxy groups -OCH3 is 1. The number of carbonyl (C=O) groups is 1. The molecule has 0 radical (unpaired) electrons. The summed E-state index contributed by atoms with van der Waals surface area (Å²) in [5.74, 6) is 1.19. The van der Waals surface area contributed by atoms with Gasteiger partial charge in [0.25, 0.3) is 0 Å². The van der Waals surface area contributed by atoms with Gasteiger partial charge in [0, 0.05) is 37.9 Å². The van der Waals surface area contributed by atoms with Crippen molar-refractivity contribution < 1.29 is 9.53 Å². The Balaban J connectivity index is 2.06. The predicted octanol–water partition coefficient (Wildman–Crippen LogP) is 0.0849. The van der Waals surface area contributed by atoms with Crippen molar-refractivity contribution in [1.29, 1.82) is 0 Å². The Morgan fingerprint density at radius 3 is 3.10 bits per heavy atom. The first-order valence-electron chi connectivity index (χ1n) is 7.26. The molecule has 116 valence electrons. The molecule has 3 N–H and O–H groups in total. The highest BCUT2D eigenvalue weighted by Gasteiger charge is 2.27. The van der Waals surface area contributed by atoms with E-state index in [4.69, 9.17) is 10.5 Å². The summed E-state index contributed by atoms with van der Waals surface area (Å²) >= 11 is 0. The van der Waals surface area contributed by atoms with Crippen LogP contribution in [0.25, 0.3) is 0 Å². The average molecular weight is 293 g/mol. The molecule has 0 spiro atoms. The molecule has 0 saturated carbocycles. The summed E-state index contributed by atoms with van der Waals surface area (Å²) in [5.41, 5.74) is 6.27. The molecule has 1 saturated heterocycles. The molecule has 7 heteroatoms. The van der Waals surface area contributed by atoms with Crippen LogP contribution in [0.3, 0.4) is 0 Å². The van der Waals surface area contributed by atoms with Gasteiger partial charge < -0.3 is 20.7 Å². The number of aryl methyl sites for hydroxylation is 1. The summed E-state index contributed by atoms with van der Waals surface area (Å²) in [5, 5.41) is 2.85. The maximum Gasteiger partial charge on any atom is 0.228 e. The van der Waals surface area contributed by atoms with Gasteiger partial charge in [0.15, 0.2) is 0 Å². The van der Waals surface area contributed by atoms with E-state index in [1.54, 1.807) is 13.2 Å². The Morgan fingerprint density at radius 1 is 1.57 bits per heavy atom. The van der Waals surface area contributed by atoms with Crippen LogP contribution in [0, 0.1) is 12.8 Å². The van der Waals surface area contributed by atoms with Crippen LogP contribution in [0.5, 0.6) is 5.88 Å². The Morgan fingerprint density at radius 2 is 2.38 bits per heavy atom. The summed E-state index contributed by atoms with van der Waals surface area (Å²) < 4.78 is 5.18. The molecule has 0 aliphatic carbocycles. The smallest absolute Gasteiger partial charge is 0.228 e. The van der Waals surface area contributed by atoms with E-state index in [2.05, 4.69) is 15.3 Å². The first-order valence-corrected chi connectivity index (χ1v) is 7.26. The summed E-state index contributed by atoms with van der Waals surface area (Å²) in [6, 6.07) is 1.79. The summed E-state index contributed by atoms with van der Waals surface area (Å²) in [6.07, 6.45) is 1.83. The van der Waals surface area contributed by atoms with E-state index in [0.717, 1.165) is 25.1 Å². The van der Waals surface area contributed by atoms with Crippen LogP contribution >= 0.6 is 0 Å². The number of hydrogen-bond donors (Lipinski definition) is 2. The molecule has 1 amide bonds. The predicted molar refractivity (Wildman–Crippen MR) is 80.3 cm³/mol. The third-order valence-electron chi connectivity index (χ3n) is 3.55. The summed E-state index contributed by atoms with van der Waals surface area (Å²) in [7, 11) is 1.59. The molecule has 0 bridgehead atoms. The Labute approximate surface area is 124 Å². The minimum Gasteiger partial charge on any atom is -0.481 e. The maximum atomic E-state index is 12.1. The second-order valence-electron chi connectivity index (χ2n) is 5.22. The maximum absolute atomic E-state index is 12.1. The van der Waals surface area contributed by atoms with Crippen molar-refractivity contribution in [2.24, 2.45) is 11.7 Å². The van der Waals surface area contributed by atoms with Crippen molar-refractivity contribution in [2.45, 2.75) is 19.8 Å². The molecule has 21 heavy (non-hydrogen) atoms. The number of nitrogens with zero attached hydrogens (tertiary/aromatic N) is 3. The van der Waals surface area contributed by atoms with Gasteiger partial charge in [-0.3, -0.25) is 4.79 Å². The van der Waals surface area contributed by atoms with Crippen LogP contribution in [0.15, 0.2) is 6.07 Å². The first-order chi connectivity index (χ1) is 10.1. The Kier molecular flexibility index (Phi) is 5.32. The fourth-order valence-corrected chi connectivity index (χ4v) is 2.48. The number of aromatic nitrogens is 2. The van der Waals surface area contributed by atoms with Crippen LogP contribution in [-0.4, -0.2) is 49.2 Å². The minimum atomic E-state index is -0.0413. The number of hydrogen-bond acceptors (Lipinski definition) is 6. The SMILES string of the molecule is COc1cc(C)nc(N2CCCC(C(=O)NCCN)C2)n1. The second-order valence-corrected chi connectivity index (χ2v) is 5.22. The van der Waals surface area contributed by atoms with Gasteiger partial charge in [-0.1, -0.05) is 0 Å². The van der Waals surface area contributed by atoms with Gasteiger partial charge in [-0.05, 0) is 19.8 Å². The monoisotopic (exact) mass is 293 g/mol. The Hall–Kier alpha value is -1.89. The van der Waals surface area contributed by atoms with Gasteiger partial charge >= 0.3 is 0 Å². The molecule has 7 nitrogen and oxygen atoms in total. The topological polar surface area (TPSA) is 93.4 Å². The molecule has 1 aliphatic rings. The summed E-state index contributed by atoms with van der Waals surface area (Å²) in [4.78, 5) is 22.9. The van der Waals surface area contributed by atoms with E-state index in [1.165, 1.54) is 0 Å². The molecule has 2 heterocycles. The normalized spacial score (nSPS) is 18.4. The van der Waals surface area contributed by atoms with Gasteiger partial charge in [0.05, 0.1) is 13.0 Å². The zero-order chi connectivity index (χ0) is 15.2. The third kappa shape index (κ3) is 4.04. The van der Waals surface area contributed by atoms with Crippen molar-refractivity contribution in [2.75, 3.05) is 38.2 Å². The molecule has 1 aromatic rings. The van der Waals surface area contributed by atoms with Crippen LogP contribution < -0.4 is 20.7 Å². The number of amides is 1. The van der Waals surface area contributed by atoms with Crippen molar-refractivity contribution in [3.8, 4) is 5.88 Å². The van der Waals surface area contributed by atoms with Crippen molar-refractivity contribution in [3.05, 3.63) is 11.8 Å². The lowest BCUT2D eigenvalue weighted by molar-refractivity contribution is -0.125. The molecular weight excluding hydrogens is 270 g/mol. The lowest BCUT2D eigenvalue weighted by atomic mass is 9.97. The van der Waals surface area contributed by atoms with Gasteiger partial charge in [0.1, 0.15) is 0 Å².